The molecule has 1 aromatic heterocycles. The molecule has 0 radical (unpaired) electrons. The van der Waals surface area contributed by atoms with Crippen molar-refractivity contribution in [3.8, 4) is 0 Å². The number of ketones is 1. The molecular weight excluding hydrogens is 224 g/mol. The van der Waals surface area contributed by atoms with Gasteiger partial charge in [0.25, 0.3) is 0 Å². The van der Waals surface area contributed by atoms with Gasteiger partial charge in [-0.3, -0.25) is 9.78 Å². The molecule has 2 heterocycles. The van der Waals surface area contributed by atoms with E-state index in [-0.39, 0.29) is 11.7 Å². The van der Waals surface area contributed by atoms with Crippen LogP contribution in [-0.4, -0.2) is 23.9 Å². The van der Waals surface area contributed by atoms with Crippen molar-refractivity contribution in [2.45, 2.75) is 13.3 Å². The maximum Gasteiger partial charge on any atom is 0.140 e. The summed E-state index contributed by atoms with van der Waals surface area (Å²) in [4.78, 5) is 15.9. The van der Waals surface area contributed by atoms with E-state index in [0.29, 0.717) is 17.4 Å². The van der Waals surface area contributed by atoms with Crippen LogP contribution in [-0.2, 0) is 11.2 Å². The summed E-state index contributed by atoms with van der Waals surface area (Å²) >= 11 is 5.97. The van der Waals surface area contributed by atoms with Crippen molar-refractivity contribution in [2.75, 3.05) is 13.1 Å². The fourth-order valence-corrected chi connectivity index (χ4v) is 2.01. The second-order valence-corrected chi connectivity index (χ2v) is 4.72. The van der Waals surface area contributed by atoms with Crippen molar-refractivity contribution in [1.82, 2.24) is 10.3 Å². The van der Waals surface area contributed by atoms with Crippen molar-refractivity contribution in [1.29, 1.82) is 0 Å². The lowest BCUT2D eigenvalue weighted by Crippen LogP contribution is -2.47. The first-order valence-corrected chi connectivity index (χ1v) is 5.88. The Morgan fingerprint density at radius 2 is 2.44 bits per heavy atom. The Kier molecular flexibility index (Phi) is 3.56. The van der Waals surface area contributed by atoms with Crippen LogP contribution in [0.2, 0.25) is 5.02 Å². The molecule has 16 heavy (non-hydrogen) atoms. The average molecular weight is 239 g/mol. The van der Waals surface area contributed by atoms with E-state index in [1.807, 2.05) is 13.0 Å². The molecule has 1 aromatic rings. The highest BCUT2D eigenvalue weighted by atomic mass is 35.5. The predicted molar refractivity (Wildman–Crippen MR) is 63.5 cm³/mol. The minimum Gasteiger partial charge on any atom is -0.316 e. The topological polar surface area (TPSA) is 42.0 Å². The van der Waals surface area contributed by atoms with E-state index in [2.05, 4.69) is 10.3 Å². The highest BCUT2D eigenvalue weighted by Crippen LogP contribution is 2.21. The summed E-state index contributed by atoms with van der Waals surface area (Å²) in [5.74, 6) is 0.873. The van der Waals surface area contributed by atoms with Gasteiger partial charge in [0.05, 0.1) is 5.02 Å². The van der Waals surface area contributed by atoms with E-state index in [0.717, 1.165) is 18.7 Å². The normalized spacial score (nSPS) is 17.9. The predicted octanol–water partition coefficient (Wildman–Crippen LogP) is 1.70. The van der Waals surface area contributed by atoms with Crippen LogP contribution in [0, 0.1) is 11.8 Å². The van der Waals surface area contributed by atoms with Gasteiger partial charge in [0, 0.05) is 24.7 Å². The van der Waals surface area contributed by atoms with Gasteiger partial charge in [-0.25, -0.2) is 0 Å². The second-order valence-electron chi connectivity index (χ2n) is 4.32. The first-order valence-electron chi connectivity index (χ1n) is 5.50. The standard InChI is InChI=1S/C12H15ClN2O/c1-8(10-5-15-6-10)12(16)4-9-2-3-14-7-11(9)13/h2-3,7-8,10,15H,4-6H2,1H3. The molecule has 0 aromatic carbocycles. The molecule has 86 valence electrons. The number of nitrogens with zero attached hydrogens (tertiary/aromatic N) is 1. The molecule has 1 unspecified atom stereocenters. The summed E-state index contributed by atoms with van der Waals surface area (Å²) < 4.78 is 0. The first kappa shape index (κ1) is 11.6. The Labute approximate surface area is 100 Å². The first-order chi connectivity index (χ1) is 7.68. The van der Waals surface area contributed by atoms with E-state index in [4.69, 9.17) is 11.6 Å². The molecule has 0 saturated carbocycles. The molecular formula is C12H15ClN2O. The zero-order valence-corrected chi connectivity index (χ0v) is 10.00. The number of Topliss-reactive ketones (excluding diaryl/α,β-unsaturated/α-hetero) is 1. The van der Waals surface area contributed by atoms with Crippen LogP contribution < -0.4 is 5.32 Å². The molecule has 1 aliphatic rings. The number of halogens is 1. The van der Waals surface area contributed by atoms with Crippen LogP contribution in [0.15, 0.2) is 18.5 Å². The van der Waals surface area contributed by atoms with Crippen LogP contribution in [0.3, 0.4) is 0 Å². The van der Waals surface area contributed by atoms with Crippen LogP contribution >= 0.6 is 11.6 Å². The number of pyridine rings is 1. The fourth-order valence-electron chi connectivity index (χ4n) is 1.82. The number of rotatable bonds is 4. The van der Waals surface area contributed by atoms with Crippen LogP contribution in [0.4, 0.5) is 0 Å². The summed E-state index contributed by atoms with van der Waals surface area (Å²) in [6.07, 6.45) is 3.67. The molecule has 0 spiro atoms. The van der Waals surface area contributed by atoms with Gasteiger partial charge >= 0.3 is 0 Å². The van der Waals surface area contributed by atoms with Gasteiger partial charge < -0.3 is 5.32 Å². The minimum atomic E-state index is 0.116. The van der Waals surface area contributed by atoms with Gasteiger partial charge in [0.2, 0.25) is 0 Å². The lowest BCUT2D eigenvalue weighted by molar-refractivity contribution is -0.123. The van der Waals surface area contributed by atoms with E-state index < -0.39 is 0 Å². The van der Waals surface area contributed by atoms with Crippen LogP contribution in [0.1, 0.15) is 12.5 Å². The SMILES string of the molecule is CC(C(=O)Cc1ccncc1Cl)C1CNC1. The Morgan fingerprint density at radius 1 is 1.69 bits per heavy atom. The van der Waals surface area contributed by atoms with Crippen molar-refractivity contribution in [2.24, 2.45) is 11.8 Å². The Hall–Kier alpha value is -0.930. The molecule has 1 saturated heterocycles. The Morgan fingerprint density at radius 3 is 3.00 bits per heavy atom. The lowest BCUT2D eigenvalue weighted by Gasteiger charge is -2.31. The summed E-state index contributed by atoms with van der Waals surface area (Å²) in [5, 5.41) is 3.76. The largest absolute Gasteiger partial charge is 0.316 e. The average Bonchev–Trinajstić information content (AvgIpc) is 2.18. The van der Waals surface area contributed by atoms with Crippen molar-refractivity contribution in [3.05, 3.63) is 29.0 Å². The second kappa shape index (κ2) is 4.93. The summed E-state index contributed by atoms with van der Waals surface area (Å²) in [5.41, 5.74) is 0.876. The van der Waals surface area contributed by atoms with E-state index in [1.54, 1.807) is 12.4 Å². The molecule has 1 fully saturated rings. The van der Waals surface area contributed by atoms with Crippen molar-refractivity contribution in [3.63, 3.8) is 0 Å². The molecule has 2 rings (SSSR count). The monoisotopic (exact) mass is 238 g/mol. The van der Waals surface area contributed by atoms with E-state index >= 15 is 0 Å². The number of hydrogen-bond acceptors (Lipinski definition) is 3. The van der Waals surface area contributed by atoms with Crippen LogP contribution in [0.25, 0.3) is 0 Å². The van der Waals surface area contributed by atoms with Crippen molar-refractivity contribution >= 4 is 17.4 Å². The fraction of sp³-hybridized carbons (Fsp3) is 0.500. The number of nitrogens with one attached hydrogen (secondary N) is 1. The zero-order valence-electron chi connectivity index (χ0n) is 9.24. The Bertz CT molecular complexity index is 390. The molecule has 0 amide bonds. The van der Waals surface area contributed by atoms with Crippen molar-refractivity contribution < 1.29 is 4.79 Å². The summed E-state index contributed by atoms with van der Waals surface area (Å²) in [7, 11) is 0. The maximum atomic E-state index is 12.0. The van der Waals surface area contributed by atoms with Gasteiger partial charge in [-0.05, 0) is 30.6 Å². The number of carbonyl (C=O) groups excluding carboxylic acids is 1. The van der Waals surface area contributed by atoms with E-state index in [9.17, 15) is 4.79 Å². The Balaban J connectivity index is 1.99. The van der Waals surface area contributed by atoms with Gasteiger partial charge in [0.1, 0.15) is 5.78 Å². The minimum absolute atomic E-state index is 0.116. The van der Waals surface area contributed by atoms with Gasteiger partial charge in [-0.2, -0.15) is 0 Å². The third kappa shape index (κ3) is 2.42. The molecule has 1 atom stereocenters. The highest BCUT2D eigenvalue weighted by Gasteiger charge is 2.28. The molecule has 1 aliphatic heterocycles. The third-order valence-electron chi connectivity index (χ3n) is 3.25. The van der Waals surface area contributed by atoms with Crippen LogP contribution in [0.5, 0.6) is 0 Å². The number of aromatic nitrogens is 1. The molecule has 0 aliphatic carbocycles. The smallest absolute Gasteiger partial charge is 0.140 e. The van der Waals surface area contributed by atoms with E-state index in [1.165, 1.54) is 0 Å². The highest BCUT2D eigenvalue weighted by molar-refractivity contribution is 6.31. The van der Waals surface area contributed by atoms with Gasteiger partial charge in [-0.1, -0.05) is 18.5 Å². The molecule has 3 nitrogen and oxygen atoms in total. The zero-order chi connectivity index (χ0) is 11.5. The van der Waals surface area contributed by atoms with Gasteiger partial charge in [-0.15, -0.1) is 0 Å². The lowest BCUT2D eigenvalue weighted by atomic mass is 9.84. The maximum absolute atomic E-state index is 12.0. The third-order valence-corrected chi connectivity index (χ3v) is 3.59. The molecule has 0 bridgehead atoms. The van der Waals surface area contributed by atoms with Gasteiger partial charge in [0.15, 0.2) is 0 Å². The quantitative estimate of drug-likeness (QED) is 0.868. The summed E-state index contributed by atoms with van der Waals surface area (Å²) in [6.45, 7) is 3.91. The number of carbonyl (C=O) groups is 1. The number of hydrogen-bond donors (Lipinski definition) is 1. The summed E-state index contributed by atoms with van der Waals surface area (Å²) in [6, 6.07) is 1.81. The molecule has 4 heteroatoms. The molecule has 1 N–H and O–H groups in total.